The van der Waals surface area contributed by atoms with Gasteiger partial charge in [-0.2, -0.15) is 10.2 Å². The molecule has 1 aliphatic carbocycles. The molecule has 3 aromatic rings. The van der Waals surface area contributed by atoms with Crippen LogP contribution in [0.15, 0.2) is 106 Å². The molecule has 4 aliphatic rings. The Kier molecular flexibility index (Phi) is 6.81. The summed E-state index contributed by atoms with van der Waals surface area (Å²) in [6.07, 6.45) is 4.94. The van der Waals surface area contributed by atoms with Crippen LogP contribution in [0.3, 0.4) is 0 Å². The van der Waals surface area contributed by atoms with Gasteiger partial charge >= 0.3 is 0 Å². The summed E-state index contributed by atoms with van der Waals surface area (Å²) in [7, 11) is 1.48. The minimum absolute atomic E-state index is 0.0405. The van der Waals surface area contributed by atoms with Gasteiger partial charge in [0.1, 0.15) is 12.3 Å². The van der Waals surface area contributed by atoms with Gasteiger partial charge in [0.05, 0.1) is 24.6 Å². The topological polar surface area (TPSA) is 107 Å². The molecule has 0 unspecified atom stereocenters. The molecular weight excluding hydrogens is 544 g/mol. The number of methoxy groups -OCH3 is 1. The van der Waals surface area contributed by atoms with E-state index < -0.39 is 23.9 Å². The number of ether oxygens (including phenoxy) is 1. The Morgan fingerprint density at radius 3 is 2.42 bits per heavy atom. The van der Waals surface area contributed by atoms with E-state index in [4.69, 9.17) is 9.84 Å². The Morgan fingerprint density at radius 1 is 0.930 bits per heavy atom. The average Bonchev–Trinajstić information content (AvgIpc) is 3.71. The Bertz CT molecular complexity index is 1670. The van der Waals surface area contributed by atoms with Crippen molar-refractivity contribution >= 4 is 35.2 Å². The Morgan fingerprint density at radius 2 is 1.65 bits per heavy atom. The van der Waals surface area contributed by atoms with Crippen LogP contribution >= 0.6 is 0 Å². The number of amides is 3. The Hall–Kier alpha value is -5.12. The second-order valence-electron chi connectivity index (χ2n) is 11.0. The van der Waals surface area contributed by atoms with Crippen molar-refractivity contribution < 1.29 is 19.1 Å². The fourth-order valence-electron chi connectivity index (χ4n) is 6.56. The van der Waals surface area contributed by atoms with Crippen LogP contribution in [0.25, 0.3) is 6.08 Å². The molecule has 0 bridgehead atoms. The predicted molar refractivity (Wildman–Crippen MR) is 160 cm³/mol. The summed E-state index contributed by atoms with van der Waals surface area (Å²) in [5.74, 6) is -0.872. The molecule has 2 fully saturated rings. The van der Waals surface area contributed by atoms with Gasteiger partial charge in [-0.05, 0) is 54.2 Å². The number of allylic oxidation sites excluding steroid dienone is 1. The van der Waals surface area contributed by atoms with Crippen LogP contribution in [0.5, 0.6) is 5.75 Å². The number of anilines is 1. The molecule has 3 heterocycles. The zero-order valence-corrected chi connectivity index (χ0v) is 23.6. The molecule has 0 N–H and O–H groups in total. The number of imide groups is 1. The summed E-state index contributed by atoms with van der Waals surface area (Å²) in [5, 5.41) is 16.1. The van der Waals surface area contributed by atoms with Crippen LogP contribution < -0.4 is 9.64 Å². The first-order valence-electron chi connectivity index (χ1n) is 14.4. The van der Waals surface area contributed by atoms with Crippen LogP contribution in [-0.4, -0.2) is 59.2 Å². The van der Waals surface area contributed by atoms with Crippen molar-refractivity contribution in [3.05, 3.63) is 102 Å². The van der Waals surface area contributed by atoms with E-state index in [2.05, 4.69) is 28.5 Å². The van der Waals surface area contributed by atoms with E-state index in [0.29, 0.717) is 11.4 Å². The van der Waals surface area contributed by atoms with E-state index in [9.17, 15) is 14.4 Å². The number of hydrogen-bond donors (Lipinski definition) is 0. The fraction of sp³-hybridized carbons (Fsp3) is 0.273. The minimum Gasteiger partial charge on any atom is -0.495 e. The highest BCUT2D eigenvalue weighted by atomic mass is 16.5. The number of nitrogens with zero attached hydrogens (tertiary/aromatic N) is 6. The molecule has 3 amide bonds. The molecule has 1 saturated heterocycles. The lowest BCUT2D eigenvalue weighted by Crippen LogP contribution is -2.45. The summed E-state index contributed by atoms with van der Waals surface area (Å²) >= 11 is 0. The first-order chi connectivity index (χ1) is 21.0. The largest absolute Gasteiger partial charge is 0.495 e. The van der Waals surface area contributed by atoms with Crippen molar-refractivity contribution in [2.24, 2.45) is 21.4 Å². The lowest BCUT2D eigenvalue weighted by atomic mass is 9.77. The third kappa shape index (κ3) is 4.59. The van der Waals surface area contributed by atoms with Gasteiger partial charge in [0.25, 0.3) is 17.7 Å². The smallest absolute Gasteiger partial charge is 0.264 e. The molecule has 7 rings (SSSR count). The lowest BCUT2D eigenvalue weighted by Gasteiger charge is -2.30. The van der Waals surface area contributed by atoms with Crippen molar-refractivity contribution in [2.75, 3.05) is 18.6 Å². The fourth-order valence-corrected chi connectivity index (χ4v) is 6.56. The third-order valence-corrected chi connectivity index (χ3v) is 8.52. The summed E-state index contributed by atoms with van der Waals surface area (Å²) in [6, 6.07) is 24.6. The molecular formula is C33H30N6O4. The van der Waals surface area contributed by atoms with Crippen molar-refractivity contribution in [1.82, 2.24) is 10.0 Å². The van der Waals surface area contributed by atoms with Gasteiger partial charge in [-0.1, -0.05) is 78.0 Å². The van der Waals surface area contributed by atoms with Gasteiger partial charge in [-0.15, -0.1) is 0 Å². The summed E-state index contributed by atoms with van der Waals surface area (Å²) < 4.78 is 5.39. The number of carbonyl (C=O) groups is 3. The summed E-state index contributed by atoms with van der Waals surface area (Å²) in [4.78, 5) is 42.0. The molecule has 43 heavy (non-hydrogen) atoms. The standard InChI is InChI=1S/C33H30N6O4/c1-43-26-18-9-8-17-25(26)38-32(41)29-31(33(38)42)37(36-34-29)20-27(40)39-30(22-13-6-3-7-14-22)24-16-10-15-23(28(24)35-39)19-21-11-4-2-5-12-21/h2-9,11-14,17-19,24,29-31H,10,15-16,20H2,1H3/b23-19+/t24-,29+,30-,31-/m0/s1. The third-order valence-electron chi connectivity index (χ3n) is 8.52. The van der Waals surface area contributed by atoms with Gasteiger partial charge in [0.15, 0.2) is 12.1 Å². The summed E-state index contributed by atoms with van der Waals surface area (Å²) in [6.45, 7) is -0.242. The molecule has 10 nitrogen and oxygen atoms in total. The van der Waals surface area contributed by atoms with E-state index in [1.54, 1.807) is 29.3 Å². The zero-order valence-electron chi connectivity index (χ0n) is 23.6. The number of rotatable bonds is 6. The van der Waals surface area contributed by atoms with Crippen molar-refractivity contribution in [2.45, 2.75) is 37.4 Å². The van der Waals surface area contributed by atoms with Gasteiger partial charge in [-0.25, -0.2) is 9.91 Å². The maximum atomic E-state index is 14.0. The maximum Gasteiger partial charge on any atom is 0.264 e. The first kappa shape index (κ1) is 26.8. The van der Waals surface area contributed by atoms with E-state index in [1.807, 2.05) is 48.5 Å². The van der Waals surface area contributed by atoms with Crippen LogP contribution in [0.2, 0.25) is 0 Å². The molecule has 4 atom stereocenters. The van der Waals surface area contributed by atoms with Crippen molar-refractivity contribution in [1.29, 1.82) is 0 Å². The average molecular weight is 575 g/mol. The quantitative estimate of drug-likeness (QED) is 0.393. The van der Waals surface area contributed by atoms with E-state index in [0.717, 1.165) is 46.6 Å². The van der Waals surface area contributed by atoms with Gasteiger partial charge < -0.3 is 4.74 Å². The number of hydrazone groups is 1. The highest BCUT2D eigenvalue weighted by Gasteiger charge is 2.56. The normalized spacial score (nSPS) is 25.3. The number of para-hydroxylation sites is 2. The predicted octanol–water partition coefficient (Wildman–Crippen LogP) is 4.81. The van der Waals surface area contributed by atoms with Crippen LogP contribution in [0, 0.1) is 5.92 Å². The Balaban J connectivity index is 1.18. The van der Waals surface area contributed by atoms with E-state index in [-0.39, 0.29) is 24.4 Å². The van der Waals surface area contributed by atoms with Crippen molar-refractivity contribution in [3.63, 3.8) is 0 Å². The summed E-state index contributed by atoms with van der Waals surface area (Å²) in [5.41, 5.74) is 4.48. The molecule has 1 saturated carbocycles. The lowest BCUT2D eigenvalue weighted by molar-refractivity contribution is -0.136. The number of fused-ring (bicyclic) bond motifs is 2. The molecule has 3 aromatic carbocycles. The zero-order chi connectivity index (χ0) is 29.5. The van der Waals surface area contributed by atoms with Crippen LogP contribution in [0.1, 0.15) is 36.4 Å². The second-order valence-corrected chi connectivity index (χ2v) is 11.0. The molecule has 10 heteroatoms. The molecule has 3 aliphatic heterocycles. The van der Waals surface area contributed by atoms with E-state index >= 15 is 0 Å². The number of benzene rings is 3. The monoisotopic (exact) mass is 574 g/mol. The molecule has 0 aromatic heterocycles. The molecule has 216 valence electrons. The van der Waals surface area contributed by atoms with Gasteiger partial charge in [0.2, 0.25) is 0 Å². The highest BCUT2D eigenvalue weighted by Crippen LogP contribution is 2.45. The first-order valence-corrected chi connectivity index (χ1v) is 14.4. The van der Waals surface area contributed by atoms with Gasteiger partial charge in [0, 0.05) is 5.92 Å². The van der Waals surface area contributed by atoms with Gasteiger partial charge in [-0.3, -0.25) is 19.4 Å². The number of carbonyl (C=O) groups excluding carboxylic acids is 3. The SMILES string of the molecule is COc1ccccc1N1C(=O)[C@@H]2[C@@H](N=NN2CC(=O)N2N=C3/C(=C/c4ccccc4)CCC[C@@H]3[C@@H]2c2ccccc2)C1=O. The minimum atomic E-state index is -1.02. The van der Waals surface area contributed by atoms with Crippen LogP contribution in [0.4, 0.5) is 5.69 Å². The maximum absolute atomic E-state index is 14.0. The van der Waals surface area contributed by atoms with E-state index in [1.165, 1.54) is 12.1 Å². The molecule has 0 spiro atoms. The van der Waals surface area contributed by atoms with Crippen LogP contribution in [-0.2, 0) is 14.4 Å². The van der Waals surface area contributed by atoms with Crippen molar-refractivity contribution in [3.8, 4) is 5.75 Å². The Labute approximate surface area is 248 Å². The second kappa shape index (κ2) is 10.9. The number of hydrogen-bond acceptors (Lipinski definition) is 8. The molecule has 0 radical (unpaired) electrons. The highest BCUT2D eigenvalue weighted by molar-refractivity contribution is 6.26.